The number of carbonyl (C=O) groups is 1. The van der Waals surface area contributed by atoms with E-state index in [2.05, 4.69) is 32.2 Å². The van der Waals surface area contributed by atoms with Crippen LogP contribution >= 0.6 is 23.1 Å². The second-order valence-corrected chi connectivity index (χ2v) is 9.26. The van der Waals surface area contributed by atoms with Gasteiger partial charge in [-0.1, -0.05) is 30.0 Å². The number of benzene rings is 1. The standard InChI is InChI=1S/C20H23N5O2S2/c1-14(29-20-23-22-18(27-20)12-16-13-28-15(2)21-16)19(26)25-10-8-24(9-11-25)17-6-4-3-5-7-17/h3-7,13-14H,8-12H2,1-2H3/t14-/m1/s1. The van der Waals surface area contributed by atoms with E-state index < -0.39 is 0 Å². The van der Waals surface area contributed by atoms with Crippen LogP contribution in [0.4, 0.5) is 5.69 Å². The number of para-hydroxylation sites is 1. The number of nitrogens with zero attached hydrogens (tertiary/aromatic N) is 5. The predicted molar refractivity (Wildman–Crippen MR) is 115 cm³/mol. The van der Waals surface area contributed by atoms with Crippen molar-refractivity contribution >= 4 is 34.7 Å². The van der Waals surface area contributed by atoms with Crippen molar-refractivity contribution in [3.8, 4) is 0 Å². The van der Waals surface area contributed by atoms with Gasteiger partial charge < -0.3 is 14.2 Å². The molecule has 9 heteroatoms. The summed E-state index contributed by atoms with van der Waals surface area (Å²) in [5.41, 5.74) is 2.13. The van der Waals surface area contributed by atoms with Crippen LogP contribution < -0.4 is 4.90 Å². The number of anilines is 1. The SMILES string of the molecule is Cc1nc(Cc2nnc(S[C@H](C)C(=O)N3CCN(c4ccccc4)CC3)o2)cs1. The molecular formula is C20H23N5O2S2. The van der Waals surface area contributed by atoms with Crippen molar-refractivity contribution in [2.24, 2.45) is 0 Å². The molecule has 0 bridgehead atoms. The fourth-order valence-corrected chi connectivity index (χ4v) is 4.68. The minimum absolute atomic E-state index is 0.109. The molecule has 0 N–H and O–H groups in total. The minimum Gasteiger partial charge on any atom is -0.416 e. The van der Waals surface area contributed by atoms with Gasteiger partial charge in [-0.25, -0.2) is 4.98 Å². The first-order chi connectivity index (χ1) is 14.1. The van der Waals surface area contributed by atoms with Crippen LogP contribution in [0.2, 0.25) is 0 Å². The van der Waals surface area contributed by atoms with E-state index in [1.54, 1.807) is 11.3 Å². The number of aromatic nitrogens is 3. The third-order valence-corrected chi connectivity index (χ3v) is 6.53. The first kappa shape index (κ1) is 19.9. The lowest BCUT2D eigenvalue weighted by molar-refractivity contribution is -0.130. The van der Waals surface area contributed by atoms with E-state index in [1.165, 1.54) is 17.4 Å². The van der Waals surface area contributed by atoms with E-state index >= 15 is 0 Å². The van der Waals surface area contributed by atoms with Gasteiger partial charge in [0, 0.05) is 37.2 Å². The number of thioether (sulfide) groups is 1. The van der Waals surface area contributed by atoms with Crippen molar-refractivity contribution in [1.29, 1.82) is 0 Å². The molecule has 1 aromatic carbocycles. The Morgan fingerprint density at radius 2 is 1.97 bits per heavy atom. The van der Waals surface area contributed by atoms with Crippen LogP contribution in [0.25, 0.3) is 0 Å². The second kappa shape index (κ2) is 8.96. The number of carbonyl (C=O) groups excluding carboxylic acids is 1. The Bertz CT molecular complexity index is 951. The lowest BCUT2D eigenvalue weighted by Gasteiger charge is -2.37. The molecule has 0 saturated carbocycles. The van der Waals surface area contributed by atoms with Crippen molar-refractivity contribution in [3.63, 3.8) is 0 Å². The lowest BCUT2D eigenvalue weighted by Crippen LogP contribution is -2.50. The molecule has 0 spiro atoms. The Morgan fingerprint density at radius 1 is 1.21 bits per heavy atom. The maximum atomic E-state index is 12.8. The number of thiazole rings is 1. The molecule has 1 atom stereocenters. The zero-order valence-corrected chi connectivity index (χ0v) is 18.1. The molecule has 1 saturated heterocycles. The van der Waals surface area contributed by atoms with E-state index in [9.17, 15) is 4.79 Å². The van der Waals surface area contributed by atoms with Crippen LogP contribution in [-0.2, 0) is 11.2 Å². The second-order valence-electron chi connectivity index (χ2n) is 6.90. The average molecular weight is 430 g/mol. The van der Waals surface area contributed by atoms with Crippen LogP contribution in [-0.4, -0.2) is 57.4 Å². The maximum Gasteiger partial charge on any atom is 0.277 e. The van der Waals surface area contributed by atoms with Crippen molar-refractivity contribution in [2.45, 2.75) is 30.7 Å². The van der Waals surface area contributed by atoms with Gasteiger partial charge in [0.25, 0.3) is 5.22 Å². The van der Waals surface area contributed by atoms with E-state index in [4.69, 9.17) is 4.42 Å². The zero-order chi connectivity index (χ0) is 20.2. The number of piperazine rings is 1. The highest BCUT2D eigenvalue weighted by Crippen LogP contribution is 2.25. The molecule has 29 heavy (non-hydrogen) atoms. The van der Waals surface area contributed by atoms with Crippen LogP contribution in [0.5, 0.6) is 0 Å². The fraction of sp³-hybridized carbons (Fsp3) is 0.400. The topological polar surface area (TPSA) is 75.4 Å². The molecule has 152 valence electrons. The lowest BCUT2D eigenvalue weighted by atomic mass is 10.2. The van der Waals surface area contributed by atoms with Crippen LogP contribution in [0.1, 0.15) is 23.5 Å². The minimum atomic E-state index is -0.270. The molecular weight excluding hydrogens is 406 g/mol. The van der Waals surface area contributed by atoms with Crippen molar-refractivity contribution < 1.29 is 9.21 Å². The highest BCUT2D eigenvalue weighted by molar-refractivity contribution is 8.00. The maximum absolute atomic E-state index is 12.8. The van der Waals surface area contributed by atoms with Crippen LogP contribution in [0.15, 0.2) is 45.4 Å². The first-order valence-electron chi connectivity index (χ1n) is 9.57. The summed E-state index contributed by atoms with van der Waals surface area (Å²) in [6.45, 7) is 6.98. The zero-order valence-electron chi connectivity index (χ0n) is 16.4. The van der Waals surface area contributed by atoms with Gasteiger partial charge in [-0.2, -0.15) is 0 Å². The van der Waals surface area contributed by atoms with Gasteiger partial charge in [0.1, 0.15) is 0 Å². The smallest absolute Gasteiger partial charge is 0.277 e. The number of hydrogen-bond donors (Lipinski definition) is 0. The summed E-state index contributed by atoms with van der Waals surface area (Å²) in [7, 11) is 0. The third kappa shape index (κ3) is 4.97. The Labute approximate surface area is 178 Å². The Morgan fingerprint density at radius 3 is 2.66 bits per heavy atom. The highest BCUT2D eigenvalue weighted by Gasteiger charge is 2.27. The molecule has 1 aliphatic heterocycles. The molecule has 2 aromatic heterocycles. The van der Waals surface area contributed by atoms with E-state index in [0.29, 0.717) is 17.5 Å². The molecule has 3 aromatic rings. The van der Waals surface area contributed by atoms with E-state index in [-0.39, 0.29) is 11.2 Å². The Hall–Kier alpha value is -2.39. The molecule has 1 amide bonds. The molecule has 0 radical (unpaired) electrons. The molecule has 7 nitrogen and oxygen atoms in total. The molecule has 1 fully saturated rings. The largest absolute Gasteiger partial charge is 0.416 e. The number of aryl methyl sites for hydroxylation is 1. The molecule has 1 aliphatic rings. The van der Waals surface area contributed by atoms with Gasteiger partial charge in [-0.15, -0.1) is 21.5 Å². The highest BCUT2D eigenvalue weighted by atomic mass is 32.2. The van der Waals surface area contributed by atoms with E-state index in [1.807, 2.05) is 42.3 Å². The summed E-state index contributed by atoms with van der Waals surface area (Å²) in [5, 5.41) is 11.3. The summed E-state index contributed by atoms with van der Waals surface area (Å²) in [6, 6.07) is 10.3. The Kier molecular flexibility index (Phi) is 6.15. The van der Waals surface area contributed by atoms with Gasteiger partial charge in [0.15, 0.2) is 0 Å². The van der Waals surface area contributed by atoms with E-state index in [0.717, 1.165) is 36.9 Å². The summed E-state index contributed by atoms with van der Waals surface area (Å²) >= 11 is 2.92. The van der Waals surface area contributed by atoms with Gasteiger partial charge in [-0.3, -0.25) is 4.79 Å². The number of amides is 1. The third-order valence-electron chi connectivity index (χ3n) is 4.79. The monoisotopic (exact) mass is 429 g/mol. The number of rotatable bonds is 6. The molecule has 4 rings (SSSR count). The van der Waals surface area contributed by atoms with Crippen molar-refractivity contribution in [1.82, 2.24) is 20.1 Å². The first-order valence-corrected chi connectivity index (χ1v) is 11.3. The molecule has 0 aliphatic carbocycles. The quantitative estimate of drug-likeness (QED) is 0.557. The van der Waals surface area contributed by atoms with Crippen molar-refractivity contribution in [3.05, 3.63) is 52.3 Å². The summed E-state index contributed by atoms with van der Waals surface area (Å²) in [4.78, 5) is 21.5. The van der Waals surface area contributed by atoms with Crippen LogP contribution in [0, 0.1) is 6.92 Å². The molecule has 3 heterocycles. The summed E-state index contributed by atoms with van der Waals surface area (Å²) in [5.74, 6) is 0.631. The van der Waals surface area contributed by atoms with Crippen molar-refractivity contribution in [2.75, 3.05) is 31.1 Å². The number of hydrogen-bond acceptors (Lipinski definition) is 8. The average Bonchev–Trinajstić information content (AvgIpc) is 3.37. The van der Waals surface area contributed by atoms with Crippen LogP contribution in [0.3, 0.4) is 0 Å². The fourth-order valence-electron chi connectivity index (χ4n) is 3.28. The van der Waals surface area contributed by atoms with Gasteiger partial charge in [0.2, 0.25) is 11.8 Å². The molecule has 0 unspecified atom stereocenters. The van der Waals surface area contributed by atoms with Gasteiger partial charge >= 0.3 is 0 Å². The summed E-state index contributed by atoms with van der Waals surface area (Å²) in [6.07, 6.45) is 0.516. The predicted octanol–water partition coefficient (Wildman–Crippen LogP) is 3.25. The van der Waals surface area contributed by atoms with Gasteiger partial charge in [0.05, 0.1) is 22.4 Å². The summed E-state index contributed by atoms with van der Waals surface area (Å²) < 4.78 is 5.71. The Balaban J connectivity index is 1.29. The van der Waals surface area contributed by atoms with Gasteiger partial charge in [-0.05, 0) is 26.0 Å². The normalized spacial score (nSPS) is 15.5.